The minimum Gasteiger partial charge on any atom is -0.481 e. The average Bonchev–Trinajstić information content (AvgIpc) is 3.27. The maximum Gasteiger partial charge on any atom is 0.407 e. The lowest BCUT2D eigenvalue weighted by Crippen LogP contribution is -2.54. The molecule has 0 fully saturated rings. The Kier molecular flexibility index (Phi) is 9.56. The fourth-order valence-electron chi connectivity index (χ4n) is 4.99. The second-order valence-electron chi connectivity index (χ2n) is 10.4. The summed E-state index contributed by atoms with van der Waals surface area (Å²) in [4.78, 5) is 37.8. The number of amides is 2. The van der Waals surface area contributed by atoms with Gasteiger partial charge in [-0.05, 0) is 40.7 Å². The maximum absolute atomic E-state index is 13.2. The van der Waals surface area contributed by atoms with Gasteiger partial charge in [0.05, 0.1) is 18.6 Å². The summed E-state index contributed by atoms with van der Waals surface area (Å²) < 4.78 is 11.6. The molecule has 0 heterocycles. The molecule has 8 heteroatoms. The van der Waals surface area contributed by atoms with E-state index in [1.54, 1.807) is 20.8 Å². The predicted octanol–water partition coefficient (Wildman–Crippen LogP) is 4.97. The smallest absolute Gasteiger partial charge is 0.407 e. The molecule has 3 aromatic rings. The monoisotopic (exact) mass is 544 g/mol. The molecule has 8 nitrogen and oxygen atoms in total. The van der Waals surface area contributed by atoms with E-state index in [1.807, 2.05) is 66.7 Å². The summed E-state index contributed by atoms with van der Waals surface area (Å²) in [6, 6.07) is 24.5. The minimum atomic E-state index is -1.10. The van der Waals surface area contributed by atoms with Crippen molar-refractivity contribution in [1.29, 1.82) is 0 Å². The summed E-state index contributed by atoms with van der Waals surface area (Å²) >= 11 is 0. The Balaban J connectivity index is 1.43. The number of hydrogen-bond donors (Lipinski definition) is 3. The number of aliphatic carboxylic acids is 1. The highest BCUT2D eigenvalue weighted by Gasteiger charge is 2.32. The molecular formula is C32H36N2O6. The molecule has 0 bridgehead atoms. The molecule has 0 aliphatic heterocycles. The van der Waals surface area contributed by atoms with E-state index in [2.05, 4.69) is 22.8 Å². The summed E-state index contributed by atoms with van der Waals surface area (Å²) in [5.41, 5.74) is 5.31. The normalized spacial score (nSPS) is 14.5. The highest BCUT2D eigenvalue weighted by atomic mass is 16.5. The maximum atomic E-state index is 13.2. The van der Waals surface area contributed by atoms with Crippen molar-refractivity contribution in [1.82, 2.24) is 10.6 Å². The molecule has 0 spiro atoms. The molecule has 210 valence electrons. The molecule has 0 radical (unpaired) electrons. The van der Waals surface area contributed by atoms with E-state index in [0.717, 1.165) is 27.8 Å². The van der Waals surface area contributed by atoms with Gasteiger partial charge in [-0.15, -0.1) is 0 Å². The second kappa shape index (κ2) is 13.3. The zero-order valence-electron chi connectivity index (χ0n) is 23.0. The molecular weight excluding hydrogens is 508 g/mol. The predicted molar refractivity (Wildman–Crippen MR) is 152 cm³/mol. The van der Waals surface area contributed by atoms with Crippen LogP contribution in [0.3, 0.4) is 0 Å². The van der Waals surface area contributed by atoms with Crippen LogP contribution in [0.2, 0.25) is 0 Å². The van der Waals surface area contributed by atoms with Gasteiger partial charge in [-0.2, -0.15) is 0 Å². The first-order valence-corrected chi connectivity index (χ1v) is 13.5. The van der Waals surface area contributed by atoms with Gasteiger partial charge < -0.3 is 25.2 Å². The van der Waals surface area contributed by atoms with Crippen molar-refractivity contribution in [3.8, 4) is 11.1 Å². The first-order valence-electron chi connectivity index (χ1n) is 13.5. The number of carboxylic acids is 1. The minimum absolute atomic E-state index is 0.0693. The van der Waals surface area contributed by atoms with E-state index in [9.17, 15) is 19.5 Å². The third kappa shape index (κ3) is 6.87. The molecule has 3 aromatic carbocycles. The molecule has 2 amide bonds. The number of ether oxygens (including phenoxy) is 2. The van der Waals surface area contributed by atoms with Crippen LogP contribution >= 0.6 is 0 Å². The summed E-state index contributed by atoms with van der Waals surface area (Å²) in [6.45, 7) is 5.52. The van der Waals surface area contributed by atoms with Gasteiger partial charge in [0.1, 0.15) is 12.6 Å². The summed E-state index contributed by atoms with van der Waals surface area (Å²) in [5, 5.41) is 14.9. The number of rotatable bonds is 12. The number of carbonyl (C=O) groups is 3. The number of hydrogen-bond acceptors (Lipinski definition) is 5. The van der Waals surface area contributed by atoms with E-state index in [0.29, 0.717) is 0 Å². The van der Waals surface area contributed by atoms with E-state index >= 15 is 0 Å². The van der Waals surface area contributed by atoms with Gasteiger partial charge in [0.15, 0.2) is 0 Å². The fourth-order valence-corrected chi connectivity index (χ4v) is 4.99. The third-order valence-electron chi connectivity index (χ3n) is 7.34. The van der Waals surface area contributed by atoms with Crippen LogP contribution in [0.15, 0.2) is 78.9 Å². The molecule has 1 aliphatic rings. The Bertz CT molecular complexity index is 1280. The van der Waals surface area contributed by atoms with E-state index in [1.165, 1.54) is 0 Å². The molecule has 3 N–H and O–H groups in total. The molecule has 1 aliphatic carbocycles. The van der Waals surface area contributed by atoms with Gasteiger partial charge in [-0.3, -0.25) is 9.59 Å². The standard InChI is InChI=1S/C32H36N2O6/c1-20(2)27(31(36)37)17-33-30(35)29(21(3)39-18-22-11-5-4-6-12-22)34-32(38)40-19-28-25-15-9-7-13-23(25)24-14-8-10-16-26(24)28/h4-16,20-21,27-29H,17-19H2,1-3H3,(H,33,35)(H,34,38)(H,36,37). The van der Waals surface area contributed by atoms with E-state index in [-0.39, 0.29) is 31.6 Å². The molecule has 3 unspecified atom stereocenters. The van der Waals surface area contributed by atoms with Crippen molar-refractivity contribution in [2.45, 2.75) is 45.4 Å². The van der Waals surface area contributed by atoms with Crippen LogP contribution in [0.5, 0.6) is 0 Å². The third-order valence-corrected chi connectivity index (χ3v) is 7.34. The molecule has 4 rings (SSSR count). The van der Waals surface area contributed by atoms with Crippen LogP contribution < -0.4 is 10.6 Å². The van der Waals surface area contributed by atoms with Gasteiger partial charge in [-0.1, -0.05) is 92.7 Å². The van der Waals surface area contributed by atoms with Gasteiger partial charge in [-0.25, -0.2) is 4.79 Å². The second-order valence-corrected chi connectivity index (χ2v) is 10.4. The van der Waals surface area contributed by atoms with Gasteiger partial charge in [0.2, 0.25) is 5.91 Å². The van der Waals surface area contributed by atoms with Crippen molar-refractivity contribution >= 4 is 18.0 Å². The van der Waals surface area contributed by atoms with Gasteiger partial charge in [0, 0.05) is 12.5 Å². The molecule has 0 saturated carbocycles. The van der Waals surface area contributed by atoms with Crippen LogP contribution in [0.1, 0.15) is 43.4 Å². The number of carbonyl (C=O) groups excluding carboxylic acids is 2. The lowest BCUT2D eigenvalue weighted by molar-refractivity contribution is -0.143. The molecule has 0 saturated heterocycles. The topological polar surface area (TPSA) is 114 Å². The quantitative estimate of drug-likeness (QED) is 0.297. The highest BCUT2D eigenvalue weighted by Crippen LogP contribution is 2.44. The summed E-state index contributed by atoms with van der Waals surface area (Å²) in [7, 11) is 0. The summed E-state index contributed by atoms with van der Waals surface area (Å²) in [5.74, 6) is -2.61. The van der Waals surface area contributed by atoms with Crippen molar-refractivity contribution in [3.05, 3.63) is 95.6 Å². The zero-order valence-corrected chi connectivity index (χ0v) is 23.0. The largest absolute Gasteiger partial charge is 0.481 e. The fraction of sp³-hybridized carbons (Fsp3) is 0.344. The number of benzene rings is 3. The molecule has 0 aromatic heterocycles. The first kappa shape index (κ1) is 28.8. The van der Waals surface area contributed by atoms with Crippen LogP contribution in [-0.4, -0.2) is 48.4 Å². The number of nitrogens with one attached hydrogen (secondary N) is 2. The van der Waals surface area contributed by atoms with Crippen molar-refractivity contribution in [2.24, 2.45) is 11.8 Å². The van der Waals surface area contributed by atoms with Crippen molar-refractivity contribution in [2.75, 3.05) is 13.2 Å². The average molecular weight is 545 g/mol. The molecule has 3 atom stereocenters. The van der Waals surface area contributed by atoms with Crippen LogP contribution in [0.4, 0.5) is 4.79 Å². The van der Waals surface area contributed by atoms with Crippen LogP contribution in [0.25, 0.3) is 11.1 Å². The molecule has 40 heavy (non-hydrogen) atoms. The Morgan fingerprint density at radius 2 is 1.43 bits per heavy atom. The number of carboxylic acid groups (broad SMARTS) is 1. The lowest BCUT2D eigenvalue weighted by atomic mass is 9.96. The Labute approximate surface area is 234 Å². The summed E-state index contributed by atoms with van der Waals surface area (Å²) in [6.07, 6.45) is -1.47. The van der Waals surface area contributed by atoms with Gasteiger partial charge in [0.25, 0.3) is 0 Å². The van der Waals surface area contributed by atoms with Crippen LogP contribution in [-0.2, 0) is 25.7 Å². The Morgan fingerprint density at radius 3 is 2.00 bits per heavy atom. The van der Waals surface area contributed by atoms with Crippen molar-refractivity contribution < 1.29 is 29.0 Å². The van der Waals surface area contributed by atoms with E-state index in [4.69, 9.17) is 9.47 Å². The number of fused-ring (bicyclic) bond motifs is 3. The Morgan fingerprint density at radius 1 is 0.850 bits per heavy atom. The van der Waals surface area contributed by atoms with E-state index < -0.39 is 36.0 Å². The lowest BCUT2D eigenvalue weighted by Gasteiger charge is -2.26. The SMILES string of the molecule is CC(C)C(CNC(=O)C(NC(=O)OCC1c2ccccc2-c2ccccc21)C(C)OCc1ccccc1)C(=O)O. The first-order chi connectivity index (χ1) is 19.3. The van der Waals surface area contributed by atoms with Crippen molar-refractivity contribution in [3.63, 3.8) is 0 Å². The highest BCUT2D eigenvalue weighted by molar-refractivity contribution is 5.87. The van der Waals surface area contributed by atoms with Crippen LogP contribution in [0, 0.1) is 11.8 Å². The Hall–Kier alpha value is -4.17. The van der Waals surface area contributed by atoms with Gasteiger partial charge >= 0.3 is 12.1 Å². The number of alkyl carbamates (subject to hydrolysis) is 1. The zero-order chi connectivity index (χ0) is 28.6.